The molecular weight excluding hydrogens is 243 g/mol. The van der Waals surface area contributed by atoms with Crippen molar-refractivity contribution in [3.05, 3.63) is 38.1 Å². The van der Waals surface area contributed by atoms with E-state index in [-0.39, 0.29) is 22.3 Å². The van der Waals surface area contributed by atoms with Crippen molar-refractivity contribution in [3.63, 3.8) is 0 Å². The predicted molar refractivity (Wildman–Crippen MR) is 48.6 cm³/mol. The SMILES string of the molecule is NCc1c(F)ccc([N+](=O)[O-])c1Br. The van der Waals surface area contributed by atoms with Crippen molar-refractivity contribution in [2.75, 3.05) is 0 Å². The van der Waals surface area contributed by atoms with Crippen LogP contribution < -0.4 is 5.73 Å². The minimum Gasteiger partial charge on any atom is -0.326 e. The summed E-state index contributed by atoms with van der Waals surface area (Å²) < 4.78 is 13.1. The number of halogens is 2. The lowest BCUT2D eigenvalue weighted by Gasteiger charge is -2.02. The molecule has 70 valence electrons. The van der Waals surface area contributed by atoms with Crippen molar-refractivity contribution in [2.24, 2.45) is 5.73 Å². The van der Waals surface area contributed by atoms with Gasteiger partial charge in [-0.3, -0.25) is 10.1 Å². The van der Waals surface area contributed by atoms with Crippen LogP contribution in [0.15, 0.2) is 16.6 Å². The Balaban J connectivity index is 3.35. The minimum absolute atomic E-state index is 0.0753. The first-order valence-corrected chi connectivity index (χ1v) is 4.18. The normalized spacial score (nSPS) is 10.1. The van der Waals surface area contributed by atoms with E-state index in [0.29, 0.717) is 0 Å². The number of benzene rings is 1. The monoisotopic (exact) mass is 248 g/mol. The van der Waals surface area contributed by atoms with E-state index in [1.807, 2.05) is 0 Å². The lowest BCUT2D eigenvalue weighted by Crippen LogP contribution is -2.03. The fourth-order valence-electron chi connectivity index (χ4n) is 0.913. The molecule has 0 spiro atoms. The Morgan fingerprint density at radius 3 is 2.69 bits per heavy atom. The molecule has 0 aliphatic carbocycles. The molecule has 0 saturated carbocycles. The fraction of sp³-hybridized carbons (Fsp3) is 0.143. The smallest absolute Gasteiger partial charge is 0.284 e. The Hall–Kier alpha value is -1.01. The van der Waals surface area contributed by atoms with Crippen molar-refractivity contribution in [1.82, 2.24) is 0 Å². The van der Waals surface area contributed by atoms with Crippen molar-refractivity contribution in [2.45, 2.75) is 6.54 Å². The van der Waals surface area contributed by atoms with Crippen LogP contribution in [0.4, 0.5) is 10.1 Å². The Kier molecular flexibility index (Phi) is 2.94. The zero-order chi connectivity index (χ0) is 10.0. The second-order valence-corrected chi connectivity index (χ2v) is 3.11. The highest BCUT2D eigenvalue weighted by Crippen LogP contribution is 2.29. The first-order valence-electron chi connectivity index (χ1n) is 3.39. The molecule has 0 aromatic heterocycles. The number of hydrogen-bond acceptors (Lipinski definition) is 3. The number of nitrogens with two attached hydrogens (primary N) is 1. The van der Waals surface area contributed by atoms with Crippen LogP contribution in [0.2, 0.25) is 0 Å². The van der Waals surface area contributed by atoms with E-state index in [1.54, 1.807) is 0 Å². The molecule has 1 rings (SSSR count). The summed E-state index contributed by atoms with van der Waals surface area (Å²) in [7, 11) is 0. The molecular formula is C7H6BrFN2O2. The average Bonchev–Trinajstić information content (AvgIpc) is 2.04. The summed E-state index contributed by atoms with van der Waals surface area (Å²) in [6.45, 7) is -0.0753. The van der Waals surface area contributed by atoms with Crippen LogP contribution in [-0.4, -0.2) is 4.92 Å². The quantitative estimate of drug-likeness (QED) is 0.643. The summed E-state index contributed by atoms with van der Waals surface area (Å²) in [5.41, 5.74) is 5.17. The van der Waals surface area contributed by atoms with E-state index >= 15 is 0 Å². The van der Waals surface area contributed by atoms with Crippen LogP contribution in [-0.2, 0) is 6.54 Å². The van der Waals surface area contributed by atoms with Gasteiger partial charge in [0.25, 0.3) is 5.69 Å². The van der Waals surface area contributed by atoms with Gasteiger partial charge in [0.1, 0.15) is 10.3 Å². The van der Waals surface area contributed by atoms with Gasteiger partial charge in [-0.25, -0.2) is 4.39 Å². The Morgan fingerprint density at radius 1 is 1.62 bits per heavy atom. The molecule has 0 heterocycles. The Bertz CT molecular complexity index is 357. The number of hydrogen-bond donors (Lipinski definition) is 1. The molecule has 0 saturated heterocycles. The molecule has 1 aromatic rings. The summed E-state index contributed by atoms with van der Waals surface area (Å²) in [6, 6.07) is 2.13. The molecule has 2 N–H and O–H groups in total. The van der Waals surface area contributed by atoms with Crippen molar-refractivity contribution in [1.29, 1.82) is 0 Å². The third-order valence-electron chi connectivity index (χ3n) is 1.57. The summed E-state index contributed by atoms with van der Waals surface area (Å²) in [6.07, 6.45) is 0. The molecule has 0 atom stereocenters. The molecule has 0 aliphatic rings. The van der Waals surface area contributed by atoms with Crippen LogP contribution in [0.3, 0.4) is 0 Å². The van der Waals surface area contributed by atoms with Gasteiger partial charge < -0.3 is 5.73 Å². The summed E-state index contributed by atoms with van der Waals surface area (Å²) in [5, 5.41) is 10.4. The van der Waals surface area contributed by atoms with Gasteiger partial charge in [-0.05, 0) is 22.0 Å². The van der Waals surface area contributed by atoms with Crippen LogP contribution in [0.25, 0.3) is 0 Å². The van der Waals surface area contributed by atoms with Gasteiger partial charge in [-0.2, -0.15) is 0 Å². The van der Waals surface area contributed by atoms with Crippen LogP contribution in [0.5, 0.6) is 0 Å². The summed E-state index contributed by atoms with van der Waals surface area (Å²) >= 11 is 2.93. The van der Waals surface area contributed by atoms with Crippen LogP contribution >= 0.6 is 15.9 Å². The van der Waals surface area contributed by atoms with Gasteiger partial charge in [0.2, 0.25) is 0 Å². The molecule has 0 unspecified atom stereocenters. The van der Waals surface area contributed by atoms with E-state index < -0.39 is 10.7 Å². The lowest BCUT2D eigenvalue weighted by molar-refractivity contribution is -0.385. The first kappa shape index (κ1) is 10.1. The molecule has 0 radical (unpaired) electrons. The summed E-state index contributed by atoms with van der Waals surface area (Å²) in [4.78, 5) is 9.82. The third-order valence-corrected chi connectivity index (χ3v) is 2.45. The molecule has 0 aliphatic heterocycles. The predicted octanol–water partition coefficient (Wildman–Crippen LogP) is 1.96. The standard InChI is InChI=1S/C7H6BrFN2O2/c8-7-4(3-10)5(9)1-2-6(7)11(12)13/h1-2H,3,10H2. The maximum Gasteiger partial charge on any atom is 0.284 e. The van der Waals surface area contributed by atoms with Crippen molar-refractivity contribution in [3.8, 4) is 0 Å². The Labute approximate surface area is 81.8 Å². The molecule has 6 heteroatoms. The molecule has 0 fully saturated rings. The van der Waals surface area contributed by atoms with Crippen molar-refractivity contribution < 1.29 is 9.31 Å². The van der Waals surface area contributed by atoms with E-state index in [0.717, 1.165) is 12.1 Å². The maximum absolute atomic E-state index is 13.0. The van der Waals surface area contributed by atoms with E-state index in [4.69, 9.17) is 5.73 Å². The summed E-state index contributed by atoms with van der Waals surface area (Å²) in [5.74, 6) is -0.542. The number of nitrogens with zero attached hydrogens (tertiary/aromatic N) is 1. The van der Waals surface area contributed by atoms with Crippen LogP contribution in [0, 0.1) is 15.9 Å². The molecule has 4 nitrogen and oxygen atoms in total. The van der Waals surface area contributed by atoms with E-state index in [2.05, 4.69) is 15.9 Å². The number of rotatable bonds is 2. The highest BCUT2D eigenvalue weighted by atomic mass is 79.9. The fourth-order valence-corrected chi connectivity index (χ4v) is 1.54. The van der Waals surface area contributed by atoms with Gasteiger partial charge in [-0.15, -0.1) is 0 Å². The van der Waals surface area contributed by atoms with Gasteiger partial charge in [0.15, 0.2) is 0 Å². The van der Waals surface area contributed by atoms with Crippen LogP contribution in [0.1, 0.15) is 5.56 Å². The van der Waals surface area contributed by atoms with E-state index in [1.165, 1.54) is 0 Å². The molecule has 13 heavy (non-hydrogen) atoms. The average molecular weight is 249 g/mol. The van der Waals surface area contributed by atoms with Crippen molar-refractivity contribution >= 4 is 21.6 Å². The second-order valence-electron chi connectivity index (χ2n) is 2.32. The van der Waals surface area contributed by atoms with Gasteiger partial charge in [-0.1, -0.05) is 0 Å². The first-order chi connectivity index (χ1) is 6.07. The highest BCUT2D eigenvalue weighted by molar-refractivity contribution is 9.10. The zero-order valence-electron chi connectivity index (χ0n) is 6.46. The molecule has 0 bridgehead atoms. The van der Waals surface area contributed by atoms with Gasteiger partial charge >= 0.3 is 0 Å². The number of nitro groups is 1. The van der Waals surface area contributed by atoms with E-state index in [9.17, 15) is 14.5 Å². The molecule has 0 amide bonds. The highest BCUT2D eigenvalue weighted by Gasteiger charge is 2.17. The Morgan fingerprint density at radius 2 is 2.23 bits per heavy atom. The molecule has 1 aromatic carbocycles. The second kappa shape index (κ2) is 3.80. The largest absolute Gasteiger partial charge is 0.326 e. The lowest BCUT2D eigenvalue weighted by atomic mass is 10.2. The topological polar surface area (TPSA) is 69.2 Å². The third kappa shape index (κ3) is 1.84. The van der Waals surface area contributed by atoms with Gasteiger partial charge in [0.05, 0.1) is 4.92 Å². The minimum atomic E-state index is -0.595. The zero-order valence-corrected chi connectivity index (χ0v) is 8.04. The number of nitro benzene ring substituents is 1. The maximum atomic E-state index is 13.0. The van der Waals surface area contributed by atoms with Gasteiger partial charge in [0, 0.05) is 18.2 Å².